The Hall–Kier alpha value is -4.05. The quantitative estimate of drug-likeness (QED) is 0.0211. The van der Waals surface area contributed by atoms with E-state index in [1.54, 1.807) is 0 Å². The molecule has 1 N–H and O–H groups in total. The number of carbonyl (C=O) groups excluding carboxylic acids is 2. The molecule has 0 aliphatic carbocycles. The summed E-state index contributed by atoms with van der Waals surface area (Å²) < 4.78 is 22.8. The number of aliphatic carboxylic acids is 1. The molecule has 9 nitrogen and oxygen atoms in total. The third-order valence-corrected chi connectivity index (χ3v) is 12.3. The minimum Gasteiger partial charge on any atom is -0.477 e. The molecular formula is C65H110NO8+. The van der Waals surface area contributed by atoms with E-state index in [-0.39, 0.29) is 38.6 Å². The molecule has 0 heterocycles. The average molecular weight is 1030 g/mol. The van der Waals surface area contributed by atoms with E-state index in [0.717, 1.165) is 77.0 Å². The lowest BCUT2D eigenvalue weighted by atomic mass is 10.0. The smallest absolute Gasteiger partial charge is 0.361 e. The van der Waals surface area contributed by atoms with Gasteiger partial charge in [-0.1, -0.05) is 245 Å². The summed E-state index contributed by atoms with van der Waals surface area (Å²) in [5.41, 5.74) is 0. The number of quaternary nitrogens is 1. The number of likely N-dealkylation sites (N-methyl/N-ethyl adjacent to an activating group) is 1. The minimum atomic E-state index is -1.53. The van der Waals surface area contributed by atoms with Crippen molar-refractivity contribution in [1.29, 1.82) is 0 Å². The van der Waals surface area contributed by atoms with E-state index in [9.17, 15) is 19.5 Å². The number of unbranched alkanes of at least 4 members (excludes halogenated alkanes) is 20. The largest absolute Gasteiger partial charge is 0.477 e. The zero-order valence-electron chi connectivity index (χ0n) is 48.0. The summed E-state index contributed by atoms with van der Waals surface area (Å²) in [4.78, 5) is 37.4. The van der Waals surface area contributed by atoms with Crippen molar-refractivity contribution in [2.24, 2.45) is 0 Å². The number of allylic oxidation sites excluding steroid dienone is 18. The molecule has 74 heavy (non-hydrogen) atoms. The number of esters is 2. The fourth-order valence-electron chi connectivity index (χ4n) is 7.78. The monoisotopic (exact) mass is 1030 g/mol. The first-order chi connectivity index (χ1) is 36.1. The number of carboxylic acids is 1. The van der Waals surface area contributed by atoms with Gasteiger partial charge in [-0.15, -0.1) is 0 Å². The van der Waals surface area contributed by atoms with Crippen molar-refractivity contribution in [3.63, 3.8) is 0 Å². The summed E-state index contributed by atoms with van der Waals surface area (Å²) in [7, 11) is 5.94. The van der Waals surface area contributed by atoms with Crippen molar-refractivity contribution in [2.45, 2.75) is 238 Å². The molecule has 0 saturated carbocycles. The van der Waals surface area contributed by atoms with Gasteiger partial charge in [0.2, 0.25) is 0 Å². The molecule has 0 aromatic carbocycles. The van der Waals surface area contributed by atoms with Gasteiger partial charge < -0.3 is 28.5 Å². The second-order valence-corrected chi connectivity index (χ2v) is 20.6. The van der Waals surface area contributed by atoms with Crippen LogP contribution < -0.4 is 0 Å². The van der Waals surface area contributed by atoms with Crippen LogP contribution in [0.4, 0.5) is 0 Å². The van der Waals surface area contributed by atoms with Crippen molar-refractivity contribution in [3.8, 4) is 0 Å². The fourth-order valence-corrected chi connectivity index (χ4v) is 7.78. The molecule has 0 spiro atoms. The van der Waals surface area contributed by atoms with Crippen molar-refractivity contribution in [3.05, 3.63) is 109 Å². The SMILES string of the molecule is CC/C=C\C/C=C\C/C=C\C/C=C\C/C=C\C/C=C\C/C=C\C/C=C\C/C=C\CCCC(=O)OC(COC(=O)CCCCCCCCCCCCCCCCCCCCCC)COC(OCC[N+](C)(C)C)C(=O)O. The molecule has 0 aromatic rings. The Labute approximate surface area is 454 Å². The van der Waals surface area contributed by atoms with Gasteiger partial charge >= 0.3 is 17.9 Å². The Morgan fingerprint density at radius 3 is 1.14 bits per heavy atom. The molecule has 0 amide bonds. The molecule has 0 rings (SSSR count). The first-order valence-corrected chi connectivity index (χ1v) is 29.6. The number of carbonyl (C=O) groups is 3. The Morgan fingerprint density at radius 1 is 0.419 bits per heavy atom. The van der Waals surface area contributed by atoms with Gasteiger partial charge in [-0.2, -0.15) is 0 Å². The Bertz CT molecular complexity index is 1580. The second-order valence-electron chi connectivity index (χ2n) is 20.6. The molecule has 0 bridgehead atoms. The van der Waals surface area contributed by atoms with Crippen molar-refractivity contribution >= 4 is 17.9 Å². The van der Waals surface area contributed by atoms with Crippen LogP contribution in [0.15, 0.2) is 109 Å². The molecule has 422 valence electrons. The van der Waals surface area contributed by atoms with Gasteiger partial charge in [0.1, 0.15) is 13.2 Å². The van der Waals surface area contributed by atoms with E-state index in [0.29, 0.717) is 23.9 Å². The van der Waals surface area contributed by atoms with Crippen molar-refractivity contribution in [2.75, 3.05) is 47.5 Å². The van der Waals surface area contributed by atoms with Gasteiger partial charge in [-0.05, 0) is 77.0 Å². The summed E-state index contributed by atoms with van der Waals surface area (Å²) in [5.74, 6) is -2.09. The number of carboxylic acid groups (broad SMARTS) is 1. The van der Waals surface area contributed by atoms with Gasteiger partial charge in [0.15, 0.2) is 6.10 Å². The van der Waals surface area contributed by atoms with Gasteiger partial charge in [0.25, 0.3) is 6.29 Å². The Balaban J connectivity index is 4.38. The van der Waals surface area contributed by atoms with Gasteiger partial charge in [0.05, 0.1) is 34.4 Å². The van der Waals surface area contributed by atoms with Crippen LogP contribution in [0.2, 0.25) is 0 Å². The first kappa shape index (κ1) is 70.0. The summed E-state index contributed by atoms with van der Waals surface area (Å²) in [6.45, 7) is 4.70. The van der Waals surface area contributed by atoms with Crippen molar-refractivity contribution < 1.29 is 42.9 Å². The van der Waals surface area contributed by atoms with Crippen LogP contribution in [0.25, 0.3) is 0 Å². The maximum atomic E-state index is 12.9. The molecule has 0 aromatic heterocycles. The third kappa shape index (κ3) is 55.7. The molecule has 0 fully saturated rings. The normalized spacial score (nSPS) is 13.6. The van der Waals surface area contributed by atoms with E-state index < -0.39 is 24.3 Å². The molecule has 0 aliphatic rings. The predicted molar refractivity (Wildman–Crippen MR) is 313 cm³/mol. The zero-order valence-corrected chi connectivity index (χ0v) is 48.0. The number of ether oxygens (including phenoxy) is 4. The summed E-state index contributed by atoms with van der Waals surface area (Å²) in [6, 6.07) is 0. The molecule has 0 aliphatic heterocycles. The van der Waals surface area contributed by atoms with E-state index in [4.69, 9.17) is 18.9 Å². The lowest BCUT2D eigenvalue weighted by molar-refractivity contribution is -0.870. The molecule has 9 heteroatoms. The first-order valence-electron chi connectivity index (χ1n) is 29.6. The van der Waals surface area contributed by atoms with Crippen LogP contribution in [-0.2, 0) is 33.3 Å². The number of nitrogens with zero attached hydrogens (tertiary/aromatic N) is 1. The summed E-state index contributed by atoms with van der Waals surface area (Å²) in [6.07, 6.45) is 73.2. The Kier molecular flexibility index (Phi) is 52.2. The standard InChI is InChI=1S/C65H109NO8/c1-6-8-10-12-14-16-18-20-22-24-26-28-29-30-31-32-33-34-35-36-38-40-42-44-46-48-50-52-54-56-63(68)74-61(60-73-65(64(69)70)71-58-57-66(3,4)5)59-72-62(67)55-53-51-49-47-45-43-41-39-37-27-25-23-21-19-17-15-13-11-9-7-2/h8,10,14,16,20,22,26,28,30-31,33-34,36,38,42,44,48,50,61,65H,6-7,9,11-13,15,17-19,21,23-25,27,29,32,35,37,39-41,43,45-47,49,51-60H2,1-5H3/p+1/b10-8-,16-14-,22-20-,28-26-,31-30-,34-33-,38-36-,44-42-,50-48-. The number of hydrogen-bond acceptors (Lipinski definition) is 7. The maximum Gasteiger partial charge on any atom is 0.361 e. The highest BCUT2D eigenvalue weighted by Gasteiger charge is 2.25. The maximum absolute atomic E-state index is 12.9. The van der Waals surface area contributed by atoms with Crippen LogP contribution in [-0.4, -0.2) is 87.4 Å². The average Bonchev–Trinajstić information content (AvgIpc) is 3.37. The van der Waals surface area contributed by atoms with E-state index in [2.05, 4.69) is 123 Å². The lowest BCUT2D eigenvalue weighted by Crippen LogP contribution is -2.40. The fraction of sp³-hybridized carbons (Fsp3) is 0.677. The number of rotatable bonds is 53. The number of hydrogen-bond donors (Lipinski definition) is 1. The highest BCUT2D eigenvalue weighted by atomic mass is 16.7. The van der Waals surface area contributed by atoms with Crippen LogP contribution >= 0.6 is 0 Å². The van der Waals surface area contributed by atoms with Crippen LogP contribution in [0.1, 0.15) is 226 Å². The van der Waals surface area contributed by atoms with E-state index in [1.165, 1.54) is 109 Å². The minimum absolute atomic E-state index is 0.172. The molecular weight excluding hydrogens is 923 g/mol. The lowest BCUT2D eigenvalue weighted by Gasteiger charge is -2.25. The van der Waals surface area contributed by atoms with E-state index in [1.807, 2.05) is 21.1 Å². The zero-order chi connectivity index (χ0) is 54.1. The van der Waals surface area contributed by atoms with Crippen LogP contribution in [0.5, 0.6) is 0 Å². The van der Waals surface area contributed by atoms with Gasteiger partial charge in [0, 0.05) is 12.8 Å². The molecule has 2 unspecified atom stereocenters. The Morgan fingerprint density at radius 2 is 0.770 bits per heavy atom. The highest BCUT2D eigenvalue weighted by Crippen LogP contribution is 2.16. The highest BCUT2D eigenvalue weighted by molar-refractivity contribution is 5.71. The van der Waals surface area contributed by atoms with Gasteiger partial charge in [-0.3, -0.25) is 9.59 Å². The molecule has 0 saturated heterocycles. The second kappa shape index (κ2) is 55.2. The van der Waals surface area contributed by atoms with Crippen LogP contribution in [0.3, 0.4) is 0 Å². The molecule has 2 atom stereocenters. The van der Waals surface area contributed by atoms with Crippen molar-refractivity contribution in [1.82, 2.24) is 0 Å². The predicted octanol–water partition coefficient (Wildman–Crippen LogP) is 17.5. The summed E-state index contributed by atoms with van der Waals surface area (Å²) >= 11 is 0. The summed E-state index contributed by atoms with van der Waals surface area (Å²) in [5, 5.41) is 9.70. The van der Waals surface area contributed by atoms with Crippen LogP contribution in [0, 0.1) is 0 Å². The third-order valence-electron chi connectivity index (χ3n) is 12.3. The van der Waals surface area contributed by atoms with E-state index >= 15 is 0 Å². The van der Waals surface area contributed by atoms with Gasteiger partial charge in [-0.25, -0.2) is 4.79 Å². The topological polar surface area (TPSA) is 108 Å². The molecule has 0 radical (unpaired) electrons.